The lowest BCUT2D eigenvalue weighted by Gasteiger charge is -2.17. The van der Waals surface area contributed by atoms with Crippen LogP contribution in [0.25, 0.3) is 0 Å². The molecule has 100 valence electrons. The van der Waals surface area contributed by atoms with E-state index in [9.17, 15) is 0 Å². The molecule has 0 N–H and O–H groups in total. The first kappa shape index (κ1) is 15.7. The summed E-state index contributed by atoms with van der Waals surface area (Å²) < 4.78 is 36.3. The van der Waals surface area contributed by atoms with Crippen molar-refractivity contribution in [2.45, 2.75) is 6.92 Å². The van der Waals surface area contributed by atoms with Crippen LogP contribution in [-0.2, 0) is 0 Å². The van der Waals surface area contributed by atoms with Crippen LogP contribution >= 0.6 is 23.4 Å². The number of thioether (sulfide) groups is 1. The van der Waals surface area contributed by atoms with E-state index in [2.05, 4.69) is 23.6 Å². The smallest absolute Gasteiger partial charge is 0.213 e. The Kier molecular flexibility index (Phi) is 5.87. The minimum absolute atomic E-state index is 0.799. The highest BCUT2D eigenvalue weighted by Gasteiger charge is 2.20. The molecule has 0 saturated heterocycles. The Bertz CT molecular complexity index is 424. The van der Waals surface area contributed by atoms with Crippen molar-refractivity contribution in [2.24, 2.45) is 0 Å². The second kappa shape index (κ2) is 6.72. The van der Waals surface area contributed by atoms with Crippen LogP contribution in [0.2, 0.25) is 5.02 Å². The van der Waals surface area contributed by atoms with Gasteiger partial charge in [0.1, 0.15) is 0 Å². The highest BCUT2D eigenvalue weighted by molar-refractivity contribution is 8.13. The van der Waals surface area contributed by atoms with Crippen molar-refractivity contribution < 1.29 is 33.5 Å². The fraction of sp³-hybridized carbons (Fsp3) is 0.300. The molecule has 1 aliphatic rings. The van der Waals surface area contributed by atoms with Crippen LogP contribution < -0.4 is 18.6 Å². The first-order valence-corrected chi connectivity index (χ1v) is 7.48. The van der Waals surface area contributed by atoms with Crippen LogP contribution in [-0.4, -0.2) is 21.9 Å². The fourth-order valence-corrected chi connectivity index (χ4v) is 2.50. The lowest BCUT2D eigenvalue weighted by atomic mass is 10.3. The molecule has 0 radical (unpaired) electrons. The van der Waals surface area contributed by atoms with E-state index in [1.165, 1.54) is 16.5 Å². The van der Waals surface area contributed by atoms with Crippen LogP contribution in [0.4, 0.5) is 5.69 Å². The molecule has 0 unspecified atom stereocenters. The zero-order valence-corrected chi connectivity index (χ0v) is 11.8. The van der Waals surface area contributed by atoms with E-state index in [0.717, 1.165) is 11.6 Å². The third-order valence-electron chi connectivity index (χ3n) is 2.14. The molecule has 1 aromatic carbocycles. The van der Waals surface area contributed by atoms with Gasteiger partial charge in [-0.1, -0.05) is 23.4 Å². The monoisotopic (exact) mass is 311 g/mol. The van der Waals surface area contributed by atoms with Gasteiger partial charge in [0.05, 0.1) is 5.75 Å². The molecule has 5 nitrogen and oxygen atoms in total. The van der Waals surface area contributed by atoms with Crippen LogP contribution in [0.1, 0.15) is 6.92 Å². The first-order valence-electron chi connectivity index (χ1n) is 4.88. The summed E-state index contributed by atoms with van der Waals surface area (Å²) in [6.45, 7) is 3.27. The van der Waals surface area contributed by atoms with Crippen LogP contribution in [0.3, 0.4) is 0 Å². The largest absolute Gasteiger partial charge is 0.222 e. The summed E-state index contributed by atoms with van der Waals surface area (Å²) in [6, 6.07) is 8.01. The Hall–Kier alpha value is -0.340. The summed E-state index contributed by atoms with van der Waals surface area (Å²) in [5.74, 6) is 1.19. The third-order valence-corrected chi connectivity index (χ3v) is 3.42. The number of halogens is 2. The van der Waals surface area contributed by atoms with Crippen molar-refractivity contribution in [1.29, 1.82) is 0 Å². The average Bonchev–Trinajstić information content (AvgIpc) is 2.63. The molecule has 0 aliphatic carbocycles. The molecule has 8 heteroatoms. The SMILES string of the molecule is CC1=[N+](c2ccc(Cl)cc2)CCS1.[O-][Cl+3]([O-])([O-])[O-]. The summed E-state index contributed by atoms with van der Waals surface area (Å²) in [5, 5.41) is 2.18. The summed E-state index contributed by atoms with van der Waals surface area (Å²) in [6.07, 6.45) is 0. The first-order chi connectivity index (χ1) is 8.27. The highest BCUT2D eigenvalue weighted by Crippen LogP contribution is 2.22. The summed E-state index contributed by atoms with van der Waals surface area (Å²) >= 11 is 7.74. The Morgan fingerprint density at radius 2 is 1.67 bits per heavy atom. The maximum atomic E-state index is 8.49. The van der Waals surface area contributed by atoms with Gasteiger partial charge < -0.3 is 0 Å². The minimum atomic E-state index is -4.94. The van der Waals surface area contributed by atoms with Crippen molar-refractivity contribution >= 4 is 34.1 Å². The zero-order chi connectivity index (χ0) is 13.8. The Balaban J connectivity index is 0.000000280. The van der Waals surface area contributed by atoms with Gasteiger partial charge in [-0.05, 0) is 12.1 Å². The summed E-state index contributed by atoms with van der Waals surface area (Å²) in [7, 11) is -4.94. The Morgan fingerprint density at radius 3 is 2.06 bits per heavy atom. The van der Waals surface area contributed by atoms with Gasteiger partial charge in [0.25, 0.3) is 0 Å². The van der Waals surface area contributed by atoms with E-state index in [1.54, 1.807) is 0 Å². The maximum absolute atomic E-state index is 8.49. The lowest BCUT2D eigenvalue weighted by Crippen LogP contribution is -2.68. The van der Waals surface area contributed by atoms with Crippen LogP contribution in [0.15, 0.2) is 24.3 Å². The molecular formula is C10H11Cl2NO4S. The zero-order valence-electron chi connectivity index (χ0n) is 9.47. The predicted octanol–water partition coefficient (Wildman–Crippen LogP) is -1.61. The number of nitrogens with zero attached hydrogens (tertiary/aromatic N) is 1. The van der Waals surface area contributed by atoms with E-state index in [4.69, 9.17) is 30.2 Å². The van der Waals surface area contributed by atoms with Gasteiger partial charge in [0.2, 0.25) is 10.7 Å². The minimum Gasteiger partial charge on any atom is -0.222 e. The molecule has 0 bridgehead atoms. The van der Waals surface area contributed by atoms with E-state index in [0.29, 0.717) is 0 Å². The maximum Gasteiger partial charge on any atom is 0.213 e. The second-order valence-electron chi connectivity index (χ2n) is 3.37. The molecule has 0 amide bonds. The standard InChI is InChI=1S/C10H11ClNS.ClHO4/c1-8-12(6-7-13-8)10-4-2-9(11)3-5-10;2-1(3,4)5/h2-5H,6-7H2,1H3;(H,2,3,4,5)/q+1;/p-1. The Morgan fingerprint density at radius 1 is 1.17 bits per heavy atom. The molecule has 1 aromatic rings. The van der Waals surface area contributed by atoms with Crippen molar-refractivity contribution in [1.82, 2.24) is 0 Å². The van der Waals surface area contributed by atoms with Crippen LogP contribution in [0, 0.1) is 10.2 Å². The van der Waals surface area contributed by atoms with E-state index >= 15 is 0 Å². The molecule has 0 atom stereocenters. The average molecular weight is 312 g/mol. The summed E-state index contributed by atoms with van der Waals surface area (Å²) in [4.78, 5) is 0. The molecular weight excluding hydrogens is 301 g/mol. The van der Waals surface area contributed by atoms with Gasteiger partial charge >= 0.3 is 0 Å². The van der Waals surface area contributed by atoms with Gasteiger partial charge in [0.15, 0.2) is 6.54 Å². The number of hydrogen-bond acceptors (Lipinski definition) is 5. The fourth-order valence-electron chi connectivity index (χ4n) is 1.45. The predicted molar refractivity (Wildman–Crippen MR) is 59.4 cm³/mol. The van der Waals surface area contributed by atoms with Gasteiger partial charge in [-0.15, -0.1) is 10.2 Å². The number of benzene rings is 1. The van der Waals surface area contributed by atoms with E-state index < -0.39 is 10.2 Å². The van der Waals surface area contributed by atoms with Crippen molar-refractivity contribution in [2.75, 3.05) is 12.3 Å². The number of hydrogen-bond donors (Lipinski definition) is 0. The molecule has 1 heterocycles. The van der Waals surface area contributed by atoms with Gasteiger partial charge in [-0.2, -0.15) is 4.58 Å². The quantitative estimate of drug-likeness (QED) is 0.582. The van der Waals surface area contributed by atoms with E-state index in [1.807, 2.05) is 23.9 Å². The normalized spacial score (nSPS) is 15.4. The van der Waals surface area contributed by atoms with Gasteiger partial charge in [-0.25, -0.2) is 18.6 Å². The molecule has 0 fully saturated rings. The molecule has 0 saturated carbocycles. The molecule has 2 rings (SSSR count). The topological polar surface area (TPSA) is 95.2 Å². The second-order valence-corrected chi connectivity index (χ2v) is 5.85. The highest BCUT2D eigenvalue weighted by atomic mass is 35.7. The van der Waals surface area contributed by atoms with Crippen molar-refractivity contribution in [3.8, 4) is 0 Å². The molecule has 0 aromatic heterocycles. The van der Waals surface area contributed by atoms with Crippen molar-refractivity contribution in [3.05, 3.63) is 29.3 Å². The van der Waals surface area contributed by atoms with E-state index in [-0.39, 0.29) is 0 Å². The van der Waals surface area contributed by atoms with Gasteiger partial charge in [-0.3, -0.25) is 0 Å². The lowest BCUT2D eigenvalue weighted by molar-refractivity contribution is -2.00. The van der Waals surface area contributed by atoms with Crippen molar-refractivity contribution in [3.63, 3.8) is 0 Å². The molecule has 18 heavy (non-hydrogen) atoms. The molecule has 1 aliphatic heterocycles. The van der Waals surface area contributed by atoms with Crippen LogP contribution in [0.5, 0.6) is 0 Å². The third kappa shape index (κ3) is 6.01. The summed E-state index contributed by atoms with van der Waals surface area (Å²) in [5.41, 5.74) is 1.24. The Labute approximate surface area is 116 Å². The van der Waals surface area contributed by atoms with Gasteiger partial charge in [0, 0.05) is 24.1 Å². The molecule has 0 spiro atoms. The number of rotatable bonds is 1.